The Kier molecular flexibility index (Phi) is 19.9. The minimum absolute atomic E-state index is 0.0594. The number of allylic oxidation sites excluding steroid dienone is 1. The molecule has 4 aromatic carbocycles. The number of unbranched alkanes of at least 4 members (excludes halogenated alkanes) is 10. The Hall–Kier alpha value is -4.47. The molecule has 1 unspecified atom stereocenters. The highest BCUT2D eigenvalue weighted by molar-refractivity contribution is 7.47. The molecule has 0 aliphatic carbocycles. The first-order valence-electron chi connectivity index (χ1n) is 18.7. The zero-order valence-electron chi connectivity index (χ0n) is 30.6. The third kappa shape index (κ3) is 19.3. The molecular formula is C42H53N4O6P. The quantitative estimate of drug-likeness (QED) is 0.0281. The van der Waals surface area contributed by atoms with Crippen molar-refractivity contribution < 1.29 is 28.0 Å². The van der Waals surface area contributed by atoms with E-state index in [1.807, 2.05) is 115 Å². The van der Waals surface area contributed by atoms with Gasteiger partial charge in [-0.3, -0.25) is 9.05 Å². The van der Waals surface area contributed by atoms with Gasteiger partial charge in [0.2, 0.25) is 0 Å². The fourth-order valence-corrected chi connectivity index (χ4v) is 5.87. The standard InChI is InChI=1S/C42H53N4O6P/c47-53(48,51-35-19-9-5-1-3-7-17-33-49-41-29-25-39(26-30-41)45-43-37-21-13-11-14-22-37)52-36-20-10-6-2-4-8-18-34-50-42-31-27-40(28-32-42)46-44-38-23-15-12-16-24-38/h9,11-16,19,21-32H,1-8,10,17-18,20,33-36H2,(H,47,48)/b19-9+,45-43?,46-44?. The fourth-order valence-electron chi connectivity index (χ4n) is 5.16. The lowest BCUT2D eigenvalue weighted by molar-refractivity contribution is 0.158. The molecule has 0 spiro atoms. The van der Waals surface area contributed by atoms with E-state index in [0.717, 1.165) is 111 Å². The zero-order valence-corrected chi connectivity index (χ0v) is 31.5. The Labute approximate surface area is 314 Å². The average Bonchev–Trinajstić information content (AvgIpc) is 3.19. The Morgan fingerprint density at radius 1 is 0.453 bits per heavy atom. The van der Waals surface area contributed by atoms with Crippen LogP contribution in [0.4, 0.5) is 22.7 Å². The van der Waals surface area contributed by atoms with E-state index in [9.17, 15) is 9.46 Å². The van der Waals surface area contributed by atoms with Crippen molar-refractivity contribution in [2.45, 2.75) is 77.0 Å². The molecule has 0 bridgehead atoms. The van der Waals surface area contributed by atoms with E-state index in [4.69, 9.17) is 18.5 Å². The summed E-state index contributed by atoms with van der Waals surface area (Å²) >= 11 is 0. The number of rotatable bonds is 27. The Balaban J connectivity index is 0.892. The zero-order chi connectivity index (χ0) is 37.1. The van der Waals surface area contributed by atoms with Crippen LogP contribution in [-0.2, 0) is 13.6 Å². The monoisotopic (exact) mass is 740 g/mol. The van der Waals surface area contributed by atoms with Crippen LogP contribution in [0.15, 0.2) is 142 Å². The van der Waals surface area contributed by atoms with Gasteiger partial charge in [-0.1, -0.05) is 93.5 Å². The molecule has 10 nitrogen and oxygen atoms in total. The second kappa shape index (κ2) is 25.5. The molecule has 0 fully saturated rings. The van der Waals surface area contributed by atoms with Crippen LogP contribution < -0.4 is 9.47 Å². The molecule has 1 atom stereocenters. The van der Waals surface area contributed by atoms with Gasteiger partial charge < -0.3 is 14.4 Å². The first-order valence-corrected chi connectivity index (χ1v) is 20.2. The van der Waals surface area contributed by atoms with Crippen LogP contribution in [0.3, 0.4) is 0 Å². The largest absolute Gasteiger partial charge is 0.494 e. The van der Waals surface area contributed by atoms with Crippen molar-refractivity contribution in [3.05, 3.63) is 121 Å². The van der Waals surface area contributed by atoms with E-state index < -0.39 is 7.82 Å². The van der Waals surface area contributed by atoms with Crippen molar-refractivity contribution in [2.24, 2.45) is 20.5 Å². The molecule has 0 aliphatic rings. The Morgan fingerprint density at radius 3 is 1.32 bits per heavy atom. The smallest absolute Gasteiger partial charge is 0.472 e. The van der Waals surface area contributed by atoms with Gasteiger partial charge in [0.05, 0.1) is 49.2 Å². The molecule has 0 aliphatic heterocycles. The molecule has 0 heterocycles. The van der Waals surface area contributed by atoms with Crippen molar-refractivity contribution in [3.63, 3.8) is 0 Å². The van der Waals surface area contributed by atoms with Gasteiger partial charge in [0.15, 0.2) is 0 Å². The van der Waals surface area contributed by atoms with E-state index in [1.165, 1.54) is 0 Å². The predicted octanol–water partition coefficient (Wildman–Crippen LogP) is 13.3. The lowest BCUT2D eigenvalue weighted by Gasteiger charge is -2.10. The van der Waals surface area contributed by atoms with E-state index in [-0.39, 0.29) is 13.2 Å². The third-order valence-electron chi connectivity index (χ3n) is 8.09. The fraction of sp³-hybridized carbons (Fsp3) is 0.381. The summed E-state index contributed by atoms with van der Waals surface area (Å²) < 4.78 is 34.0. The SMILES string of the molecule is O=P(O)(OC/C=C/CCCCCCOc1ccc(N=Nc2ccccc2)cc1)OCCCCCCCCCOc1ccc(N=Nc2ccccc2)cc1. The molecule has 0 amide bonds. The molecule has 0 saturated carbocycles. The number of hydrogen-bond acceptors (Lipinski definition) is 9. The molecule has 11 heteroatoms. The van der Waals surface area contributed by atoms with Gasteiger partial charge in [0.1, 0.15) is 11.5 Å². The van der Waals surface area contributed by atoms with Gasteiger partial charge in [-0.15, -0.1) is 0 Å². The van der Waals surface area contributed by atoms with Gasteiger partial charge in [-0.2, -0.15) is 20.5 Å². The number of phosphoric ester groups is 1. The minimum atomic E-state index is -4.03. The van der Waals surface area contributed by atoms with E-state index in [1.54, 1.807) is 6.08 Å². The topological polar surface area (TPSA) is 124 Å². The maximum absolute atomic E-state index is 12.1. The van der Waals surface area contributed by atoms with Crippen molar-refractivity contribution in [1.82, 2.24) is 0 Å². The van der Waals surface area contributed by atoms with Gasteiger partial charge in [0, 0.05) is 0 Å². The van der Waals surface area contributed by atoms with Crippen LogP contribution in [0.5, 0.6) is 11.5 Å². The highest BCUT2D eigenvalue weighted by Crippen LogP contribution is 2.43. The summed E-state index contributed by atoms with van der Waals surface area (Å²) in [7, 11) is -4.03. The molecule has 53 heavy (non-hydrogen) atoms. The second-order valence-corrected chi connectivity index (χ2v) is 14.0. The number of benzene rings is 4. The van der Waals surface area contributed by atoms with Crippen LogP contribution in [0, 0.1) is 0 Å². The van der Waals surface area contributed by atoms with Gasteiger partial charge in [-0.05, 0) is 105 Å². The predicted molar refractivity (Wildman–Crippen MR) is 211 cm³/mol. The molecule has 0 radical (unpaired) electrons. The number of hydrogen-bond donors (Lipinski definition) is 1. The Morgan fingerprint density at radius 2 is 0.849 bits per heavy atom. The molecule has 0 saturated heterocycles. The van der Waals surface area contributed by atoms with Crippen LogP contribution in [-0.4, -0.2) is 31.3 Å². The van der Waals surface area contributed by atoms with Crippen LogP contribution in [0.1, 0.15) is 77.0 Å². The van der Waals surface area contributed by atoms with Gasteiger partial charge in [0.25, 0.3) is 0 Å². The number of phosphoric acid groups is 1. The lowest BCUT2D eigenvalue weighted by Crippen LogP contribution is -1.98. The number of nitrogens with zero attached hydrogens (tertiary/aromatic N) is 4. The lowest BCUT2D eigenvalue weighted by atomic mass is 10.1. The van der Waals surface area contributed by atoms with Gasteiger partial charge >= 0.3 is 7.82 Å². The normalized spacial score (nSPS) is 12.8. The number of ether oxygens (including phenoxy) is 2. The molecular weight excluding hydrogens is 687 g/mol. The highest BCUT2D eigenvalue weighted by Gasteiger charge is 2.19. The van der Waals surface area contributed by atoms with E-state index in [2.05, 4.69) is 20.5 Å². The van der Waals surface area contributed by atoms with Crippen LogP contribution in [0.25, 0.3) is 0 Å². The van der Waals surface area contributed by atoms with Gasteiger partial charge in [-0.25, -0.2) is 4.57 Å². The summed E-state index contributed by atoms with van der Waals surface area (Å²) in [5.41, 5.74) is 3.21. The summed E-state index contributed by atoms with van der Waals surface area (Å²) in [4.78, 5) is 9.92. The summed E-state index contributed by atoms with van der Waals surface area (Å²) in [6.07, 6.45) is 15.9. The van der Waals surface area contributed by atoms with E-state index in [0.29, 0.717) is 13.2 Å². The third-order valence-corrected chi connectivity index (χ3v) is 9.08. The summed E-state index contributed by atoms with van der Waals surface area (Å²) in [6.45, 7) is 1.62. The van der Waals surface area contributed by atoms with Crippen LogP contribution >= 0.6 is 7.82 Å². The molecule has 4 aromatic rings. The maximum Gasteiger partial charge on any atom is 0.472 e. The molecule has 1 N–H and O–H groups in total. The Bertz CT molecular complexity index is 1670. The van der Waals surface area contributed by atoms with Crippen LogP contribution in [0.2, 0.25) is 0 Å². The summed E-state index contributed by atoms with van der Waals surface area (Å²) in [5, 5.41) is 17.0. The highest BCUT2D eigenvalue weighted by atomic mass is 31.2. The summed E-state index contributed by atoms with van der Waals surface area (Å²) in [5.74, 6) is 1.66. The summed E-state index contributed by atoms with van der Waals surface area (Å²) in [6, 6.07) is 34.5. The molecule has 4 rings (SSSR count). The first kappa shape index (κ1) is 41.3. The molecule has 282 valence electrons. The minimum Gasteiger partial charge on any atom is -0.494 e. The first-order chi connectivity index (χ1) is 26.1. The van der Waals surface area contributed by atoms with Crippen molar-refractivity contribution in [1.29, 1.82) is 0 Å². The molecule has 0 aromatic heterocycles. The second-order valence-electron chi connectivity index (χ2n) is 12.5. The average molecular weight is 741 g/mol. The van der Waals surface area contributed by atoms with E-state index >= 15 is 0 Å². The van der Waals surface area contributed by atoms with Crippen molar-refractivity contribution >= 4 is 30.6 Å². The van der Waals surface area contributed by atoms with Crippen molar-refractivity contribution in [3.8, 4) is 11.5 Å². The van der Waals surface area contributed by atoms with Crippen molar-refractivity contribution in [2.75, 3.05) is 26.4 Å². The maximum atomic E-state index is 12.1. The number of azo groups is 2.